The van der Waals surface area contributed by atoms with Gasteiger partial charge in [-0.05, 0) is 45.6 Å². The van der Waals surface area contributed by atoms with Crippen molar-refractivity contribution in [1.29, 1.82) is 0 Å². The second-order valence-electron chi connectivity index (χ2n) is 6.91. The van der Waals surface area contributed by atoms with Crippen LogP contribution in [0.3, 0.4) is 0 Å². The zero-order valence-corrected chi connectivity index (χ0v) is 14.2. The number of rotatable bonds is 6. The summed E-state index contributed by atoms with van der Waals surface area (Å²) in [4.78, 5) is 26.4. The van der Waals surface area contributed by atoms with Gasteiger partial charge < -0.3 is 20.5 Å². The molecule has 24 heavy (non-hydrogen) atoms. The fourth-order valence-corrected chi connectivity index (χ4v) is 3.29. The molecule has 2 fully saturated rings. The summed E-state index contributed by atoms with van der Waals surface area (Å²) < 4.78 is 5.23. The molecule has 1 aliphatic heterocycles. The second kappa shape index (κ2) is 7.34. The summed E-state index contributed by atoms with van der Waals surface area (Å²) in [5, 5.41) is 6.90. The zero-order valence-electron chi connectivity index (χ0n) is 14.2. The first-order valence-corrected chi connectivity index (χ1v) is 8.85. The predicted octanol–water partition coefficient (Wildman–Crippen LogP) is 1.40. The summed E-state index contributed by atoms with van der Waals surface area (Å²) in [6.07, 6.45) is 4.97. The van der Waals surface area contributed by atoms with Gasteiger partial charge in [-0.1, -0.05) is 5.16 Å². The van der Waals surface area contributed by atoms with E-state index in [1.807, 2.05) is 11.8 Å². The summed E-state index contributed by atoms with van der Waals surface area (Å²) >= 11 is 0. The summed E-state index contributed by atoms with van der Waals surface area (Å²) in [5.41, 5.74) is 5.82. The number of nitrogens with one attached hydrogen (secondary N) is 1. The van der Waals surface area contributed by atoms with E-state index in [1.54, 1.807) is 6.07 Å². The van der Waals surface area contributed by atoms with Gasteiger partial charge in [0.2, 0.25) is 5.91 Å². The first-order chi connectivity index (χ1) is 11.6. The maximum Gasteiger partial charge on any atom is 0.273 e. The number of carbonyl (C=O) groups excluding carboxylic acids is 2. The Balaban J connectivity index is 1.49. The summed E-state index contributed by atoms with van der Waals surface area (Å²) in [5.74, 6) is 1.23. The van der Waals surface area contributed by atoms with E-state index in [9.17, 15) is 9.59 Å². The number of amides is 2. The van der Waals surface area contributed by atoms with Crippen LogP contribution in [0.1, 0.15) is 67.6 Å². The summed E-state index contributed by atoms with van der Waals surface area (Å²) in [6, 6.07) is 1.93. The maximum atomic E-state index is 12.3. The number of piperidine rings is 1. The van der Waals surface area contributed by atoms with E-state index >= 15 is 0 Å². The third-order valence-corrected chi connectivity index (χ3v) is 4.87. The largest absolute Gasteiger partial charge is 0.360 e. The van der Waals surface area contributed by atoms with Gasteiger partial charge in [-0.25, -0.2) is 0 Å². The van der Waals surface area contributed by atoms with Crippen molar-refractivity contribution in [2.45, 2.75) is 63.5 Å². The third-order valence-electron chi connectivity index (χ3n) is 4.87. The number of nitrogens with two attached hydrogens (primary N) is 1. The molecule has 7 nitrogen and oxygen atoms in total. The fraction of sp³-hybridized carbons (Fsp3) is 0.706. The minimum Gasteiger partial charge on any atom is -0.360 e. The highest BCUT2D eigenvalue weighted by Gasteiger charge is 2.31. The van der Waals surface area contributed by atoms with Crippen molar-refractivity contribution in [3.8, 4) is 0 Å². The van der Waals surface area contributed by atoms with Crippen LogP contribution >= 0.6 is 0 Å². The zero-order chi connectivity index (χ0) is 17.1. The van der Waals surface area contributed by atoms with Gasteiger partial charge in [0, 0.05) is 37.0 Å². The number of nitrogens with zero attached hydrogens (tertiary/aromatic N) is 2. The predicted molar refractivity (Wildman–Crippen MR) is 88.4 cm³/mol. The third kappa shape index (κ3) is 3.95. The van der Waals surface area contributed by atoms with Crippen molar-refractivity contribution in [1.82, 2.24) is 15.4 Å². The van der Waals surface area contributed by atoms with Gasteiger partial charge >= 0.3 is 0 Å². The van der Waals surface area contributed by atoms with Crippen LogP contribution in [0, 0.1) is 0 Å². The van der Waals surface area contributed by atoms with Gasteiger partial charge in [-0.2, -0.15) is 0 Å². The number of hydrogen-bond acceptors (Lipinski definition) is 5. The standard InChI is InChI=1S/C17H26N4O3/c1-11-9-13(6-8-21(11)16(22)3-2-7-18)19-17(23)14-10-15(24-20-14)12-4-5-12/h10-13H,2-9,18H2,1H3,(H,19,23)/t11-,13+/m1/s1. The van der Waals surface area contributed by atoms with Crippen LogP contribution < -0.4 is 11.1 Å². The van der Waals surface area contributed by atoms with Crippen molar-refractivity contribution >= 4 is 11.8 Å². The number of aromatic nitrogens is 1. The van der Waals surface area contributed by atoms with Crippen molar-refractivity contribution in [3.05, 3.63) is 17.5 Å². The quantitative estimate of drug-likeness (QED) is 0.819. The highest BCUT2D eigenvalue weighted by Crippen LogP contribution is 2.40. The van der Waals surface area contributed by atoms with Crippen molar-refractivity contribution in [3.63, 3.8) is 0 Å². The molecule has 2 aliphatic rings. The van der Waals surface area contributed by atoms with Crippen LogP contribution in [0.15, 0.2) is 10.6 Å². The van der Waals surface area contributed by atoms with E-state index in [-0.39, 0.29) is 23.9 Å². The average Bonchev–Trinajstić information content (AvgIpc) is 3.29. The lowest BCUT2D eigenvalue weighted by Crippen LogP contribution is -2.51. The topological polar surface area (TPSA) is 101 Å². The number of likely N-dealkylation sites (tertiary alicyclic amines) is 1. The van der Waals surface area contributed by atoms with E-state index in [2.05, 4.69) is 10.5 Å². The molecule has 0 spiro atoms. The smallest absolute Gasteiger partial charge is 0.273 e. The lowest BCUT2D eigenvalue weighted by Gasteiger charge is -2.38. The molecule has 1 aromatic heterocycles. The number of hydrogen-bond donors (Lipinski definition) is 2. The van der Waals surface area contributed by atoms with Crippen LogP contribution in [0.5, 0.6) is 0 Å². The maximum absolute atomic E-state index is 12.3. The molecule has 0 unspecified atom stereocenters. The van der Waals surface area contributed by atoms with E-state index < -0.39 is 0 Å². The minimum absolute atomic E-state index is 0.0622. The lowest BCUT2D eigenvalue weighted by atomic mass is 9.97. The molecule has 2 amide bonds. The average molecular weight is 334 g/mol. The molecule has 0 radical (unpaired) electrons. The molecule has 2 atom stereocenters. The summed E-state index contributed by atoms with van der Waals surface area (Å²) in [6.45, 7) is 3.23. The Morgan fingerprint density at radius 2 is 2.21 bits per heavy atom. The fourth-order valence-electron chi connectivity index (χ4n) is 3.29. The number of carbonyl (C=O) groups is 2. The molecule has 0 aromatic carbocycles. The molecule has 3 N–H and O–H groups in total. The van der Waals surface area contributed by atoms with Crippen molar-refractivity contribution < 1.29 is 14.1 Å². The van der Waals surface area contributed by atoms with Gasteiger partial charge in [0.05, 0.1) is 0 Å². The molecule has 3 rings (SSSR count). The van der Waals surface area contributed by atoms with Crippen LogP contribution in [-0.4, -0.2) is 47.0 Å². The Hall–Kier alpha value is -1.89. The Kier molecular flexibility index (Phi) is 5.18. The van der Waals surface area contributed by atoms with Gasteiger partial charge in [-0.3, -0.25) is 9.59 Å². The molecular weight excluding hydrogens is 308 g/mol. The molecule has 1 aromatic rings. The Morgan fingerprint density at radius 1 is 1.42 bits per heavy atom. The molecule has 1 saturated carbocycles. The van der Waals surface area contributed by atoms with Crippen LogP contribution in [-0.2, 0) is 4.79 Å². The van der Waals surface area contributed by atoms with E-state index in [0.29, 0.717) is 31.1 Å². The van der Waals surface area contributed by atoms with Gasteiger partial charge in [0.15, 0.2) is 5.69 Å². The Bertz CT molecular complexity index is 596. The molecular formula is C17H26N4O3. The van der Waals surface area contributed by atoms with E-state index in [1.165, 1.54) is 0 Å². The highest BCUT2D eigenvalue weighted by molar-refractivity contribution is 5.92. The van der Waals surface area contributed by atoms with E-state index in [0.717, 1.165) is 37.9 Å². The van der Waals surface area contributed by atoms with Gasteiger partial charge in [0.25, 0.3) is 5.91 Å². The minimum atomic E-state index is -0.189. The van der Waals surface area contributed by atoms with Crippen molar-refractivity contribution in [2.75, 3.05) is 13.1 Å². The van der Waals surface area contributed by atoms with Crippen LogP contribution in [0.4, 0.5) is 0 Å². The molecule has 1 saturated heterocycles. The van der Waals surface area contributed by atoms with Crippen LogP contribution in [0.25, 0.3) is 0 Å². The molecule has 132 valence electrons. The lowest BCUT2D eigenvalue weighted by molar-refractivity contribution is -0.134. The molecule has 7 heteroatoms. The van der Waals surface area contributed by atoms with E-state index in [4.69, 9.17) is 10.3 Å². The van der Waals surface area contributed by atoms with Crippen molar-refractivity contribution in [2.24, 2.45) is 5.73 Å². The monoisotopic (exact) mass is 334 g/mol. The van der Waals surface area contributed by atoms with Gasteiger partial charge in [-0.15, -0.1) is 0 Å². The normalized spacial score (nSPS) is 24.0. The Labute approximate surface area is 141 Å². The first-order valence-electron chi connectivity index (χ1n) is 8.85. The summed E-state index contributed by atoms with van der Waals surface area (Å²) in [7, 11) is 0. The van der Waals surface area contributed by atoms with Crippen LogP contribution in [0.2, 0.25) is 0 Å². The Morgan fingerprint density at radius 3 is 2.88 bits per heavy atom. The highest BCUT2D eigenvalue weighted by atomic mass is 16.5. The molecule has 2 heterocycles. The first kappa shape index (κ1) is 17.0. The SMILES string of the molecule is C[C@@H]1C[C@@H](NC(=O)c2cc(C3CC3)on2)CCN1C(=O)CCCN. The molecule has 0 bridgehead atoms. The molecule has 1 aliphatic carbocycles. The van der Waals surface area contributed by atoms with Gasteiger partial charge in [0.1, 0.15) is 5.76 Å². The second-order valence-corrected chi connectivity index (χ2v) is 6.91.